The Morgan fingerprint density at radius 3 is 2.63 bits per heavy atom. The quantitative estimate of drug-likeness (QED) is 0.621. The van der Waals surface area contributed by atoms with Crippen LogP contribution in [0.4, 0.5) is 4.39 Å². The smallest absolute Gasteiger partial charge is 0.341 e. The van der Waals surface area contributed by atoms with E-state index in [-0.39, 0.29) is 11.7 Å². The monoisotopic (exact) mass is 266 g/mol. The summed E-state index contributed by atoms with van der Waals surface area (Å²) in [5.41, 5.74) is -1.10. The van der Waals surface area contributed by atoms with Crippen LogP contribution in [0.3, 0.4) is 0 Å². The van der Waals surface area contributed by atoms with Gasteiger partial charge in [0, 0.05) is 0 Å². The maximum absolute atomic E-state index is 13.4. The average molecular weight is 266 g/mol. The van der Waals surface area contributed by atoms with Crippen molar-refractivity contribution in [2.75, 3.05) is 7.11 Å². The first kappa shape index (κ1) is 14.0. The van der Waals surface area contributed by atoms with Crippen LogP contribution in [0.5, 0.6) is 0 Å². The van der Waals surface area contributed by atoms with Gasteiger partial charge in [0.15, 0.2) is 0 Å². The van der Waals surface area contributed by atoms with Crippen molar-refractivity contribution in [3.63, 3.8) is 0 Å². The van der Waals surface area contributed by atoms with E-state index >= 15 is 0 Å². The van der Waals surface area contributed by atoms with Crippen LogP contribution in [0.15, 0.2) is 24.3 Å². The van der Waals surface area contributed by atoms with E-state index < -0.39 is 17.2 Å². The van der Waals surface area contributed by atoms with E-state index in [1.807, 2.05) is 20.8 Å². The van der Waals surface area contributed by atoms with Crippen molar-refractivity contribution in [3.05, 3.63) is 35.6 Å². The highest BCUT2D eigenvalue weighted by atomic mass is 19.1. The minimum atomic E-state index is -1.01. The van der Waals surface area contributed by atoms with Crippen LogP contribution in [0.1, 0.15) is 32.8 Å². The van der Waals surface area contributed by atoms with Gasteiger partial charge in [0.05, 0.1) is 7.11 Å². The largest absolute Gasteiger partial charge is 0.467 e. The molecule has 0 amide bonds. The molecule has 0 radical (unpaired) electrons. The molecule has 1 fully saturated rings. The lowest BCUT2D eigenvalue weighted by Crippen LogP contribution is -2.38. The normalized spacial score (nSPS) is 29.4. The molecular weight excluding hydrogens is 247 g/mol. The van der Waals surface area contributed by atoms with Crippen molar-refractivity contribution >= 4 is 5.97 Å². The lowest BCUT2D eigenvalue weighted by atomic mass is 9.78. The molecule has 104 valence electrons. The first-order chi connectivity index (χ1) is 8.94. The van der Waals surface area contributed by atoms with Crippen LogP contribution in [0, 0.1) is 11.7 Å². The standard InChI is InChI=1S/C15H19FO3/c1-5-14(11-7-6-8-12(16)9-11)15(19-14,10(2)3)13(17)18-4/h6-10H,5H2,1-4H3. The Labute approximate surface area is 112 Å². The summed E-state index contributed by atoms with van der Waals surface area (Å²) in [7, 11) is 1.35. The molecule has 1 saturated heterocycles. The zero-order chi connectivity index (χ0) is 14.3. The Kier molecular flexibility index (Phi) is 3.39. The fourth-order valence-electron chi connectivity index (χ4n) is 2.98. The van der Waals surface area contributed by atoms with Gasteiger partial charge < -0.3 is 9.47 Å². The molecular formula is C15H19FO3. The summed E-state index contributed by atoms with van der Waals surface area (Å²) < 4.78 is 24.2. The highest BCUT2D eigenvalue weighted by molar-refractivity contribution is 5.85. The lowest BCUT2D eigenvalue weighted by Gasteiger charge is -2.20. The van der Waals surface area contributed by atoms with Crippen LogP contribution in [-0.2, 0) is 19.9 Å². The molecule has 0 saturated carbocycles. The Hall–Kier alpha value is -1.42. The molecule has 2 unspecified atom stereocenters. The van der Waals surface area contributed by atoms with Crippen molar-refractivity contribution in [3.8, 4) is 0 Å². The molecule has 0 N–H and O–H groups in total. The maximum atomic E-state index is 13.4. The summed E-state index contributed by atoms with van der Waals surface area (Å²) in [4.78, 5) is 12.1. The number of epoxide rings is 1. The number of carbonyl (C=O) groups is 1. The maximum Gasteiger partial charge on any atom is 0.341 e. The van der Waals surface area contributed by atoms with Gasteiger partial charge in [-0.1, -0.05) is 32.9 Å². The first-order valence-electron chi connectivity index (χ1n) is 6.49. The molecule has 4 heteroatoms. The third kappa shape index (κ3) is 1.77. The van der Waals surface area contributed by atoms with Gasteiger partial charge in [0.25, 0.3) is 0 Å². The van der Waals surface area contributed by atoms with Crippen LogP contribution in [0.25, 0.3) is 0 Å². The van der Waals surface area contributed by atoms with E-state index in [2.05, 4.69) is 0 Å². The highest BCUT2D eigenvalue weighted by Gasteiger charge is 2.76. The number of benzene rings is 1. The Bertz CT molecular complexity index is 500. The number of hydrogen-bond acceptors (Lipinski definition) is 3. The van der Waals surface area contributed by atoms with E-state index in [9.17, 15) is 9.18 Å². The summed E-state index contributed by atoms with van der Waals surface area (Å²) in [6.45, 7) is 5.75. The third-order valence-electron chi connectivity index (χ3n) is 3.98. The highest BCUT2D eigenvalue weighted by Crippen LogP contribution is 2.62. The summed E-state index contributed by atoms with van der Waals surface area (Å²) in [5.74, 6) is -0.778. The van der Waals surface area contributed by atoms with Crippen molar-refractivity contribution in [2.45, 2.75) is 38.4 Å². The zero-order valence-electron chi connectivity index (χ0n) is 11.7. The van der Waals surface area contributed by atoms with Gasteiger partial charge in [-0.2, -0.15) is 0 Å². The molecule has 0 bridgehead atoms. The topological polar surface area (TPSA) is 38.8 Å². The molecule has 2 atom stereocenters. The molecule has 1 aromatic carbocycles. The van der Waals surface area contributed by atoms with Crippen molar-refractivity contribution in [2.24, 2.45) is 5.92 Å². The van der Waals surface area contributed by atoms with Crippen molar-refractivity contribution < 1.29 is 18.7 Å². The number of ether oxygens (including phenoxy) is 2. The molecule has 2 rings (SSSR count). The molecule has 1 heterocycles. The number of esters is 1. The minimum absolute atomic E-state index is 0.0526. The van der Waals surface area contributed by atoms with Crippen molar-refractivity contribution in [1.82, 2.24) is 0 Å². The molecule has 19 heavy (non-hydrogen) atoms. The summed E-state index contributed by atoms with van der Waals surface area (Å²) in [5, 5.41) is 0. The van der Waals surface area contributed by atoms with E-state index in [0.717, 1.165) is 0 Å². The molecule has 0 spiro atoms. The fraction of sp³-hybridized carbons (Fsp3) is 0.533. The molecule has 3 nitrogen and oxygen atoms in total. The number of carbonyl (C=O) groups excluding carboxylic acids is 1. The Balaban J connectivity index is 2.50. The van der Waals surface area contributed by atoms with Gasteiger partial charge in [-0.25, -0.2) is 9.18 Å². The minimum Gasteiger partial charge on any atom is -0.467 e. The second kappa shape index (κ2) is 4.60. The van der Waals surface area contributed by atoms with Crippen LogP contribution in [0.2, 0.25) is 0 Å². The number of halogens is 1. The third-order valence-corrected chi connectivity index (χ3v) is 3.98. The fourth-order valence-corrected chi connectivity index (χ4v) is 2.98. The van der Waals surface area contributed by atoms with Gasteiger partial charge >= 0.3 is 5.97 Å². The number of rotatable bonds is 4. The number of hydrogen-bond donors (Lipinski definition) is 0. The second-order valence-corrected chi connectivity index (χ2v) is 5.17. The Morgan fingerprint density at radius 2 is 2.16 bits per heavy atom. The van der Waals surface area contributed by atoms with Crippen molar-refractivity contribution in [1.29, 1.82) is 0 Å². The predicted molar refractivity (Wildman–Crippen MR) is 69.0 cm³/mol. The molecule has 1 aromatic rings. The summed E-state index contributed by atoms with van der Waals surface area (Å²) >= 11 is 0. The average Bonchev–Trinajstić information content (AvgIpc) is 3.10. The van der Waals surface area contributed by atoms with E-state index in [1.165, 1.54) is 19.2 Å². The van der Waals surface area contributed by atoms with E-state index in [0.29, 0.717) is 12.0 Å². The SMILES string of the molecule is CCC1(c2cccc(F)c2)OC1(C(=O)OC)C(C)C. The second-order valence-electron chi connectivity index (χ2n) is 5.17. The molecule has 0 aromatic heterocycles. The predicted octanol–water partition coefficient (Wildman–Crippen LogP) is 3.03. The van der Waals surface area contributed by atoms with Crippen LogP contribution in [-0.4, -0.2) is 18.7 Å². The Morgan fingerprint density at radius 1 is 1.47 bits per heavy atom. The molecule has 1 aliphatic rings. The molecule has 0 aliphatic carbocycles. The van der Waals surface area contributed by atoms with Gasteiger partial charge in [-0.15, -0.1) is 0 Å². The van der Waals surface area contributed by atoms with Gasteiger partial charge in [0.1, 0.15) is 11.4 Å². The summed E-state index contributed by atoms with van der Waals surface area (Å²) in [6, 6.07) is 6.23. The molecule has 1 aliphatic heterocycles. The summed E-state index contributed by atoms with van der Waals surface area (Å²) in [6.07, 6.45) is 0.587. The van der Waals surface area contributed by atoms with Crippen LogP contribution < -0.4 is 0 Å². The first-order valence-corrected chi connectivity index (χ1v) is 6.49. The van der Waals surface area contributed by atoms with E-state index in [4.69, 9.17) is 9.47 Å². The van der Waals surface area contributed by atoms with Gasteiger partial charge in [-0.05, 0) is 30.0 Å². The van der Waals surface area contributed by atoms with E-state index in [1.54, 1.807) is 12.1 Å². The van der Waals surface area contributed by atoms with Gasteiger partial charge in [0.2, 0.25) is 5.60 Å². The van der Waals surface area contributed by atoms with Crippen LogP contribution >= 0.6 is 0 Å². The number of methoxy groups -OCH3 is 1. The van der Waals surface area contributed by atoms with Gasteiger partial charge in [-0.3, -0.25) is 0 Å². The zero-order valence-corrected chi connectivity index (χ0v) is 11.7. The lowest BCUT2D eigenvalue weighted by molar-refractivity contribution is -0.148.